The van der Waals surface area contributed by atoms with Gasteiger partial charge < -0.3 is 15.4 Å². The summed E-state index contributed by atoms with van der Waals surface area (Å²) in [5.41, 5.74) is 2.67. The predicted octanol–water partition coefficient (Wildman–Crippen LogP) is 4.02. The maximum absolute atomic E-state index is 11.9. The lowest BCUT2D eigenvalue weighted by Crippen LogP contribution is -2.30. The number of halogens is 1. The Kier molecular flexibility index (Phi) is 5.67. The SMILES string of the molecule is COc1cccc(CCNC(=O)Nc2c(C)cccc2Cl)c1. The van der Waals surface area contributed by atoms with Gasteiger partial charge in [0.05, 0.1) is 17.8 Å². The van der Waals surface area contributed by atoms with E-state index in [0.717, 1.165) is 23.3 Å². The minimum Gasteiger partial charge on any atom is -0.497 e. The van der Waals surface area contributed by atoms with E-state index in [4.69, 9.17) is 16.3 Å². The molecule has 5 heteroatoms. The molecule has 0 saturated carbocycles. The molecule has 0 saturated heterocycles. The number of nitrogens with one attached hydrogen (secondary N) is 2. The van der Waals surface area contributed by atoms with Crippen LogP contribution in [0.25, 0.3) is 0 Å². The topological polar surface area (TPSA) is 50.4 Å². The minimum atomic E-state index is -0.265. The molecule has 0 heterocycles. The van der Waals surface area contributed by atoms with Crippen molar-refractivity contribution >= 4 is 23.3 Å². The van der Waals surface area contributed by atoms with Crippen LogP contribution in [0.3, 0.4) is 0 Å². The van der Waals surface area contributed by atoms with Crippen LogP contribution in [0.2, 0.25) is 5.02 Å². The van der Waals surface area contributed by atoms with Crippen molar-refractivity contribution in [1.82, 2.24) is 5.32 Å². The Morgan fingerprint density at radius 3 is 2.73 bits per heavy atom. The van der Waals surface area contributed by atoms with Gasteiger partial charge in [0.25, 0.3) is 0 Å². The van der Waals surface area contributed by atoms with Crippen molar-refractivity contribution in [2.24, 2.45) is 0 Å². The Labute approximate surface area is 135 Å². The third kappa shape index (κ3) is 4.40. The average molecular weight is 319 g/mol. The Morgan fingerprint density at radius 1 is 1.23 bits per heavy atom. The molecule has 0 radical (unpaired) electrons. The zero-order chi connectivity index (χ0) is 15.9. The van der Waals surface area contributed by atoms with Crippen LogP contribution >= 0.6 is 11.6 Å². The van der Waals surface area contributed by atoms with Gasteiger partial charge in [-0.25, -0.2) is 4.79 Å². The number of methoxy groups -OCH3 is 1. The second-order valence-corrected chi connectivity index (χ2v) is 5.32. The van der Waals surface area contributed by atoms with Crippen LogP contribution in [0.15, 0.2) is 42.5 Å². The number of carbonyl (C=O) groups is 1. The van der Waals surface area contributed by atoms with Crippen LogP contribution in [-0.4, -0.2) is 19.7 Å². The molecule has 0 aliphatic heterocycles. The molecule has 4 nitrogen and oxygen atoms in total. The third-order valence-electron chi connectivity index (χ3n) is 3.29. The summed E-state index contributed by atoms with van der Waals surface area (Å²) in [6.45, 7) is 2.43. The van der Waals surface area contributed by atoms with Gasteiger partial charge in [-0.1, -0.05) is 35.9 Å². The predicted molar refractivity (Wildman–Crippen MR) is 89.9 cm³/mol. The molecule has 0 aliphatic carbocycles. The summed E-state index contributed by atoms with van der Waals surface area (Å²) < 4.78 is 5.17. The molecule has 0 aliphatic rings. The number of para-hydroxylation sites is 1. The molecular formula is C17H19ClN2O2. The number of hydrogen-bond acceptors (Lipinski definition) is 2. The zero-order valence-corrected chi connectivity index (χ0v) is 13.4. The van der Waals surface area contributed by atoms with E-state index in [2.05, 4.69) is 10.6 Å². The van der Waals surface area contributed by atoms with Gasteiger partial charge in [-0.15, -0.1) is 0 Å². The van der Waals surface area contributed by atoms with Crippen LogP contribution in [0.4, 0.5) is 10.5 Å². The average Bonchev–Trinajstić information content (AvgIpc) is 2.51. The molecule has 0 unspecified atom stereocenters. The Bertz CT molecular complexity index is 639. The number of ether oxygens (including phenoxy) is 1. The van der Waals surface area contributed by atoms with Crippen molar-refractivity contribution in [3.63, 3.8) is 0 Å². The number of hydrogen-bond donors (Lipinski definition) is 2. The molecule has 2 aromatic carbocycles. The first-order chi connectivity index (χ1) is 10.6. The number of aryl methyl sites for hydroxylation is 1. The van der Waals surface area contributed by atoms with E-state index >= 15 is 0 Å². The lowest BCUT2D eigenvalue weighted by Gasteiger charge is -2.11. The van der Waals surface area contributed by atoms with Crippen LogP contribution < -0.4 is 15.4 Å². The van der Waals surface area contributed by atoms with Crippen molar-refractivity contribution in [2.75, 3.05) is 19.0 Å². The maximum atomic E-state index is 11.9. The number of anilines is 1. The van der Waals surface area contributed by atoms with Gasteiger partial charge in [-0.05, 0) is 42.7 Å². The van der Waals surface area contributed by atoms with Crippen LogP contribution in [-0.2, 0) is 6.42 Å². The summed E-state index contributed by atoms with van der Waals surface area (Å²) in [5, 5.41) is 6.13. The van der Waals surface area contributed by atoms with E-state index in [1.807, 2.05) is 43.3 Å². The first kappa shape index (κ1) is 16.2. The summed E-state index contributed by atoms with van der Waals surface area (Å²) in [6, 6.07) is 13.0. The fraction of sp³-hybridized carbons (Fsp3) is 0.235. The fourth-order valence-corrected chi connectivity index (χ4v) is 2.37. The van der Waals surface area contributed by atoms with Gasteiger partial charge in [0.2, 0.25) is 0 Å². The lowest BCUT2D eigenvalue weighted by atomic mass is 10.1. The highest BCUT2D eigenvalue weighted by Crippen LogP contribution is 2.24. The van der Waals surface area contributed by atoms with Crippen molar-refractivity contribution in [2.45, 2.75) is 13.3 Å². The zero-order valence-electron chi connectivity index (χ0n) is 12.7. The third-order valence-corrected chi connectivity index (χ3v) is 3.61. The number of carbonyl (C=O) groups excluding carboxylic acids is 1. The van der Waals surface area contributed by atoms with Crippen LogP contribution in [0.5, 0.6) is 5.75 Å². The molecular weight excluding hydrogens is 300 g/mol. The van der Waals surface area contributed by atoms with E-state index in [1.54, 1.807) is 13.2 Å². The van der Waals surface area contributed by atoms with Crippen LogP contribution in [0, 0.1) is 6.92 Å². The van der Waals surface area contributed by atoms with Gasteiger partial charge in [-0.2, -0.15) is 0 Å². The molecule has 22 heavy (non-hydrogen) atoms. The lowest BCUT2D eigenvalue weighted by molar-refractivity contribution is 0.252. The van der Waals surface area contributed by atoms with Gasteiger partial charge in [-0.3, -0.25) is 0 Å². The highest BCUT2D eigenvalue weighted by molar-refractivity contribution is 6.33. The summed E-state index contributed by atoms with van der Waals surface area (Å²) in [6.07, 6.45) is 0.728. The molecule has 2 N–H and O–H groups in total. The minimum absolute atomic E-state index is 0.265. The van der Waals surface area contributed by atoms with Crippen molar-refractivity contribution in [1.29, 1.82) is 0 Å². The number of benzene rings is 2. The highest BCUT2D eigenvalue weighted by Gasteiger charge is 2.07. The smallest absolute Gasteiger partial charge is 0.319 e. The number of urea groups is 1. The van der Waals surface area contributed by atoms with Gasteiger partial charge in [0, 0.05) is 6.54 Å². The largest absolute Gasteiger partial charge is 0.497 e. The number of amides is 2. The molecule has 2 aromatic rings. The van der Waals surface area contributed by atoms with Gasteiger partial charge in [0.1, 0.15) is 5.75 Å². The summed E-state index contributed by atoms with van der Waals surface area (Å²) >= 11 is 6.08. The first-order valence-electron chi connectivity index (χ1n) is 7.03. The van der Waals surface area contributed by atoms with Crippen molar-refractivity contribution in [3.05, 3.63) is 58.6 Å². The van der Waals surface area contributed by atoms with Crippen molar-refractivity contribution < 1.29 is 9.53 Å². The first-order valence-corrected chi connectivity index (χ1v) is 7.41. The van der Waals surface area contributed by atoms with E-state index < -0.39 is 0 Å². The van der Waals surface area contributed by atoms with E-state index in [-0.39, 0.29) is 6.03 Å². The maximum Gasteiger partial charge on any atom is 0.319 e. The van der Waals surface area contributed by atoms with Crippen molar-refractivity contribution in [3.8, 4) is 5.75 Å². The molecule has 2 amide bonds. The van der Waals surface area contributed by atoms with E-state index in [0.29, 0.717) is 17.3 Å². The molecule has 0 fully saturated rings. The van der Waals surface area contributed by atoms with Crippen LogP contribution in [0.1, 0.15) is 11.1 Å². The second-order valence-electron chi connectivity index (χ2n) is 4.91. The van der Waals surface area contributed by atoms with E-state index in [9.17, 15) is 4.79 Å². The van der Waals surface area contributed by atoms with Gasteiger partial charge in [0.15, 0.2) is 0 Å². The summed E-state index contributed by atoms with van der Waals surface area (Å²) in [5.74, 6) is 0.814. The quantitative estimate of drug-likeness (QED) is 0.874. The normalized spacial score (nSPS) is 10.1. The highest BCUT2D eigenvalue weighted by atomic mass is 35.5. The van der Waals surface area contributed by atoms with E-state index in [1.165, 1.54) is 0 Å². The van der Waals surface area contributed by atoms with Gasteiger partial charge >= 0.3 is 6.03 Å². The standard InChI is InChI=1S/C17H19ClN2O2/c1-12-5-3-8-15(18)16(12)20-17(21)19-10-9-13-6-4-7-14(11-13)22-2/h3-8,11H,9-10H2,1-2H3,(H2,19,20,21). The monoisotopic (exact) mass is 318 g/mol. The molecule has 0 spiro atoms. The molecule has 116 valence electrons. The molecule has 2 rings (SSSR count). The molecule has 0 bridgehead atoms. The molecule has 0 aromatic heterocycles. The summed E-state index contributed by atoms with van der Waals surface area (Å²) in [7, 11) is 1.64. The number of rotatable bonds is 5. The Hall–Kier alpha value is -2.20. The fourth-order valence-electron chi connectivity index (χ4n) is 2.10. The Balaban J connectivity index is 1.85. The molecule has 0 atom stereocenters. The Morgan fingerprint density at radius 2 is 2.00 bits per heavy atom. The second kappa shape index (κ2) is 7.71. The summed E-state index contributed by atoms with van der Waals surface area (Å²) in [4.78, 5) is 11.9.